The minimum Gasteiger partial charge on any atom is -0.352 e. The molecule has 3 aliphatic rings. The first kappa shape index (κ1) is 22.5. The van der Waals surface area contributed by atoms with Crippen molar-refractivity contribution in [2.24, 2.45) is 10.8 Å². The monoisotopic (exact) mass is 480 g/mol. The van der Waals surface area contributed by atoms with Crippen molar-refractivity contribution in [2.45, 2.75) is 38.8 Å². The summed E-state index contributed by atoms with van der Waals surface area (Å²) < 4.78 is 14.2. The summed E-state index contributed by atoms with van der Waals surface area (Å²) in [5.41, 5.74) is 0.323. The van der Waals surface area contributed by atoms with Crippen LogP contribution in [0.2, 0.25) is 0 Å². The summed E-state index contributed by atoms with van der Waals surface area (Å²) in [4.78, 5) is 49.2. The van der Waals surface area contributed by atoms with Crippen LogP contribution in [0.15, 0.2) is 73.1 Å². The second-order valence-corrected chi connectivity index (χ2v) is 10.8. The Balaban J connectivity index is 1.70. The number of benzene rings is 2. The Morgan fingerprint density at radius 1 is 1.00 bits per heavy atom. The molecule has 3 aromatic rings. The molecule has 36 heavy (non-hydrogen) atoms. The summed E-state index contributed by atoms with van der Waals surface area (Å²) in [6, 6.07) is 13.3. The third-order valence-corrected chi connectivity index (χ3v) is 7.82. The number of hydrogen-bond donors (Lipinski definition) is 0. The molecule has 0 bridgehead atoms. The maximum atomic E-state index is 14.4. The highest BCUT2D eigenvalue weighted by Gasteiger charge is 2.72. The molecule has 0 saturated carbocycles. The van der Waals surface area contributed by atoms with E-state index in [2.05, 4.69) is 4.98 Å². The van der Waals surface area contributed by atoms with Crippen molar-refractivity contribution in [1.29, 1.82) is 0 Å². The zero-order chi connectivity index (χ0) is 25.4. The van der Waals surface area contributed by atoms with Gasteiger partial charge >= 0.3 is 0 Å². The van der Waals surface area contributed by atoms with E-state index in [-0.39, 0.29) is 17.3 Å². The minimum absolute atomic E-state index is 0.0969. The average molecular weight is 481 g/mol. The van der Waals surface area contributed by atoms with Crippen molar-refractivity contribution in [2.75, 3.05) is 4.90 Å². The number of pyridine rings is 1. The van der Waals surface area contributed by atoms with Gasteiger partial charge in [0.15, 0.2) is 17.3 Å². The van der Waals surface area contributed by atoms with E-state index in [0.717, 1.165) is 0 Å². The minimum atomic E-state index is -1.55. The van der Waals surface area contributed by atoms with E-state index in [0.29, 0.717) is 27.9 Å². The van der Waals surface area contributed by atoms with E-state index in [4.69, 9.17) is 0 Å². The number of halogens is 1. The number of rotatable bonds is 2. The summed E-state index contributed by atoms with van der Waals surface area (Å²) in [7, 11) is 0. The lowest BCUT2D eigenvalue weighted by molar-refractivity contribution is -0.127. The number of ketones is 3. The SMILES string of the molecule is CC(C)(C)C(=O)C1C(c2cccnc2)C2(C(=O)c3ccccc3C2=O)C2C=Cc3cc(F)ccc3N12. The number of aromatic nitrogens is 1. The molecule has 5 nitrogen and oxygen atoms in total. The van der Waals surface area contributed by atoms with Crippen molar-refractivity contribution in [3.63, 3.8) is 0 Å². The van der Waals surface area contributed by atoms with E-state index >= 15 is 0 Å². The van der Waals surface area contributed by atoms with Gasteiger partial charge in [-0.15, -0.1) is 0 Å². The largest absolute Gasteiger partial charge is 0.352 e. The average Bonchev–Trinajstić information content (AvgIpc) is 3.29. The van der Waals surface area contributed by atoms with Gasteiger partial charge < -0.3 is 4.90 Å². The molecule has 2 aliphatic heterocycles. The van der Waals surface area contributed by atoms with Gasteiger partial charge in [0, 0.05) is 46.1 Å². The Morgan fingerprint density at radius 2 is 1.69 bits per heavy atom. The van der Waals surface area contributed by atoms with Crippen LogP contribution >= 0.6 is 0 Å². The Morgan fingerprint density at radius 3 is 2.31 bits per heavy atom. The Kier molecular flexibility index (Phi) is 4.71. The Bertz CT molecular complexity index is 1440. The van der Waals surface area contributed by atoms with Crippen LogP contribution in [-0.2, 0) is 4.79 Å². The van der Waals surface area contributed by atoms with Crippen LogP contribution in [0.5, 0.6) is 0 Å². The first-order valence-corrected chi connectivity index (χ1v) is 12.1. The fourth-order valence-electron chi connectivity index (χ4n) is 6.32. The third-order valence-electron chi connectivity index (χ3n) is 7.82. The molecule has 6 heteroatoms. The lowest BCUT2D eigenvalue weighted by atomic mass is 9.63. The van der Waals surface area contributed by atoms with Crippen molar-refractivity contribution in [1.82, 2.24) is 4.98 Å². The quantitative estimate of drug-likeness (QED) is 0.468. The molecular formula is C30H25FN2O3. The maximum absolute atomic E-state index is 14.4. The number of carbonyl (C=O) groups excluding carboxylic acids is 3. The second-order valence-electron chi connectivity index (χ2n) is 10.8. The number of nitrogens with zero attached hydrogens (tertiary/aromatic N) is 2. The molecule has 1 aromatic heterocycles. The highest BCUT2D eigenvalue weighted by Crippen LogP contribution is 2.61. The molecule has 2 aromatic carbocycles. The summed E-state index contributed by atoms with van der Waals surface area (Å²) >= 11 is 0. The van der Waals surface area contributed by atoms with Crippen LogP contribution < -0.4 is 4.90 Å². The van der Waals surface area contributed by atoms with Crippen LogP contribution in [0.4, 0.5) is 10.1 Å². The van der Waals surface area contributed by atoms with Gasteiger partial charge in [0.2, 0.25) is 0 Å². The number of hydrogen-bond acceptors (Lipinski definition) is 5. The van der Waals surface area contributed by atoms with Crippen LogP contribution in [0.1, 0.15) is 58.5 Å². The number of anilines is 1. The van der Waals surface area contributed by atoms with Crippen LogP contribution in [0, 0.1) is 16.6 Å². The molecule has 1 fully saturated rings. The van der Waals surface area contributed by atoms with Crippen LogP contribution in [0.3, 0.4) is 0 Å². The van der Waals surface area contributed by atoms with Gasteiger partial charge in [-0.05, 0) is 29.8 Å². The summed E-state index contributed by atoms with van der Waals surface area (Å²) in [5, 5.41) is 0. The molecule has 1 saturated heterocycles. The van der Waals surface area contributed by atoms with E-state index in [1.54, 1.807) is 60.9 Å². The second kappa shape index (κ2) is 7.53. The topological polar surface area (TPSA) is 67.3 Å². The van der Waals surface area contributed by atoms with Crippen molar-refractivity contribution in [3.05, 3.63) is 101 Å². The lowest BCUT2D eigenvalue weighted by Crippen LogP contribution is -2.49. The molecule has 3 atom stereocenters. The molecule has 1 spiro atoms. The normalized spacial score (nSPS) is 23.6. The summed E-state index contributed by atoms with van der Waals surface area (Å²) in [5.74, 6) is -1.84. The lowest BCUT2D eigenvalue weighted by Gasteiger charge is -2.38. The van der Waals surface area contributed by atoms with Gasteiger partial charge in [0.25, 0.3) is 0 Å². The highest BCUT2D eigenvalue weighted by atomic mass is 19.1. The van der Waals surface area contributed by atoms with Crippen molar-refractivity contribution in [3.8, 4) is 0 Å². The Labute approximate surface area is 208 Å². The standard InChI is InChI=1S/C30H25FN2O3/c1-29(2,3)28(36)25-24(18-7-6-14-32-16-18)30(26(34)20-8-4-5-9-21(20)27(30)35)23-13-10-17-15-19(31)11-12-22(17)33(23)25/h4-16,23-25H,1-3H3. The van der Waals surface area contributed by atoms with Gasteiger partial charge in [0.05, 0.1) is 12.1 Å². The summed E-state index contributed by atoms with van der Waals surface area (Å²) in [6.45, 7) is 5.52. The van der Waals surface area contributed by atoms with E-state index in [1.807, 2.05) is 31.7 Å². The zero-order valence-electron chi connectivity index (χ0n) is 20.2. The molecule has 180 valence electrons. The summed E-state index contributed by atoms with van der Waals surface area (Å²) in [6.07, 6.45) is 6.83. The molecule has 0 radical (unpaired) electrons. The first-order valence-electron chi connectivity index (χ1n) is 12.1. The maximum Gasteiger partial charge on any atom is 0.180 e. The number of fused-ring (bicyclic) bond motifs is 5. The van der Waals surface area contributed by atoms with Gasteiger partial charge in [-0.3, -0.25) is 19.4 Å². The fourth-order valence-corrected chi connectivity index (χ4v) is 6.32. The van der Waals surface area contributed by atoms with Gasteiger partial charge in [-0.1, -0.05) is 63.3 Å². The molecule has 3 heterocycles. The molecule has 6 rings (SSSR count). The highest BCUT2D eigenvalue weighted by molar-refractivity contribution is 6.32. The fraction of sp³-hybridized carbons (Fsp3) is 0.267. The van der Waals surface area contributed by atoms with Gasteiger partial charge in [-0.25, -0.2) is 4.39 Å². The van der Waals surface area contributed by atoms with Crippen molar-refractivity contribution < 1.29 is 18.8 Å². The van der Waals surface area contributed by atoms with Crippen molar-refractivity contribution >= 4 is 29.1 Å². The third kappa shape index (κ3) is 2.81. The van der Waals surface area contributed by atoms with E-state index in [1.165, 1.54) is 12.1 Å². The smallest absolute Gasteiger partial charge is 0.180 e. The molecule has 0 N–H and O–H groups in total. The molecule has 0 amide bonds. The predicted octanol–water partition coefficient (Wildman–Crippen LogP) is 5.27. The molecule has 3 unspecified atom stereocenters. The van der Waals surface area contributed by atoms with E-state index in [9.17, 15) is 18.8 Å². The first-order chi connectivity index (χ1) is 17.2. The van der Waals surface area contributed by atoms with E-state index < -0.39 is 34.6 Å². The molecular weight excluding hydrogens is 455 g/mol. The number of carbonyl (C=O) groups is 3. The van der Waals surface area contributed by atoms with Crippen LogP contribution in [-0.4, -0.2) is 34.4 Å². The van der Waals surface area contributed by atoms with Crippen LogP contribution in [0.25, 0.3) is 6.08 Å². The van der Waals surface area contributed by atoms with Gasteiger partial charge in [-0.2, -0.15) is 0 Å². The Hall–Kier alpha value is -3.93. The zero-order valence-corrected chi connectivity index (χ0v) is 20.2. The van der Waals surface area contributed by atoms with Gasteiger partial charge in [0.1, 0.15) is 11.2 Å². The predicted molar refractivity (Wildman–Crippen MR) is 134 cm³/mol. The number of Topliss-reactive ketones (excluding diaryl/α,β-unsaturated/α-hetero) is 3. The molecule has 1 aliphatic carbocycles.